The summed E-state index contributed by atoms with van der Waals surface area (Å²) < 4.78 is 11.5. The highest BCUT2D eigenvalue weighted by atomic mass is 35.5. The van der Waals surface area contributed by atoms with Crippen LogP contribution in [0, 0.1) is 6.92 Å². The van der Waals surface area contributed by atoms with Crippen LogP contribution in [0.1, 0.15) is 11.1 Å². The standard InChI is InChI=1S/C21H14Cl2O3/c1-12-19(25-11-16-17(22)7-4-8-18(16)23)10-9-14-13-5-2-3-6-15(13)21(24)26-20(12)14/h2-10H,11H2,1H3. The first-order valence-electron chi connectivity index (χ1n) is 8.07. The maximum atomic E-state index is 12.3. The number of benzene rings is 3. The van der Waals surface area contributed by atoms with E-state index >= 15 is 0 Å². The summed E-state index contributed by atoms with van der Waals surface area (Å²) in [5, 5.41) is 3.40. The Morgan fingerprint density at radius 2 is 1.58 bits per heavy atom. The maximum Gasteiger partial charge on any atom is 0.344 e. The number of ether oxygens (including phenoxy) is 1. The molecule has 0 saturated heterocycles. The first-order valence-corrected chi connectivity index (χ1v) is 8.82. The van der Waals surface area contributed by atoms with Gasteiger partial charge in [0.05, 0.1) is 5.39 Å². The largest absolute Gasteiger partial charge is 0.488 e. The van der Waals surface area contributed by atoms with E-state index < -0.39 is 0 Å². The van der Waals surface area contributed by atoms with E-state index in [9.17, 15) is 4.79 Å². The fraction of sp³-hybridized carbons (Fsp3) is 0.0952. The molecule has 3 aromatic carbocycles. The fourth-order valence-corrected chi connectivity index (χ4v) is 3.54. The van der Waals surface area contributed by atoms with E-state index in [4.69, 9.17) is 32.4 Å². The van der Waals surface area contributed by atoms with Gasteiger partial charge in [0, 0.05) is 26.6 Å². The lowest BCUT2D eigenvalue weighted by Crippen LogP contribution is -2.02. The summed E-state index contributed by atoms with van der Waals surface area (Å²) in [5.41, 5.74) is 1.64. The first-order chi connectivity index (χ1) is 12.6. The molecule has 130 valence electrons. The van der Waals surface area contributed by atoms with Crippen LogP contribution in [0.3, 0.4) is 0 Å². The van der Waals surface area contributed by atoms with Crippen molar-refractivity contribution in [2.24, 2.45) is 0 Å². The van der Waals surface area contributed by atoms with Gasteiger partial charge in [0.2, 0.25) is 0 Å². The SMILES string of the molecule is Cc1c(OCc2c(Cl)cccc2Cl)ccc2c1oc(=O)c1ccccc12. The zero-order valence-electron chi connectivity index (χ0n) is 13.9. The van der Waals surface area contributed by atoms with E-state index in [-0.39, 0.29) is 12.2 Å². The van der Waals surface area contributed by atoms with Gasteiger partial charge in [0.15, 0.2) is 0 Å². The Hall–Kier alpha value is -2.49. The Morgan fingerprint density at radius 3 is 2.31 bits per heavy atom. The van der Waals surface area contributed by atoms with Crippen LogP contribution in [0.5, 0.6) is 5.75 Å². The number of hydrogen-bond donors (Lipinski definition) is 0. The zero-order chi connectivity index (χ0) is 18.3. The molecule has 0 N–H and O–H groups in total. The number of hydrogen-bond acceptors (Lipinski definition) is 3. The van der Waals surface area contributed by atoms with Gasteiger partial charge >= 0.3 is 5.63 Å². The van der Waals surface area contributed by atoms with Crippen molar-refractivity contribution < 1.29 is 9.15 Å². The zero-order valence-corrected chi connectivity index (χ0v) is 15.4. The molecule has 0 fully saturated rings. The van der Waals surface area contributed by atoms with E-state index in [2.05, 4.69) is 0 Å². The molecular weight excluding hydrogens is 371 g/mol. The molecule has 0 aliphatic carbocycles. The average molecular weight is 385 g/mol. The van der Waals surface area contributed by atoms with E-state index in [0.717, 1.165) is 21.9 Å². The second-order valence-corrected chi connectivity index (χ2v) is 6.80. The van der Waals surface area contributed by atoms with Crippen LogP contribution in [-0.4, -0.2) is 0 Å². The molecule has 1 aromatic heterocycles. The Kier molecular flexibility index (Phi) is 4.35. The fourth-order valence-electron chi connectivity index (χ4n) is 3.04. The van der Waals surface area contributed by atoms with Gasteiger partial charge in [-0.2, -0.15) is 0 Å². The highest BCUT2D eigenvalue weighted by molar-refractivity contribution is 6.35. The lowest BCUT2D eigenvalue weighted by molar-refractivity contribution is 0.304. The van der Waals surface area contributed by atoms with E-state index in [1.54, 1.807) is 24.3 Å². The lowest BCUT2D eigenvalue weighted by Gasteiger charge is -2.13. The molecule has 0 spiro atoms. The highest BCUT2D eigenvalue weighted by Gasteiger charge is 2.13. The van der Waals surface area contributed by atoms with Gasteiger partial charge in [-0.3, -0.25) is 0 Å². The van der Waals surface area contributed by atoms with E-state index in [1.165, 1.54) is 0 Å². The summed E-state index contributed by atoms with van der Waals surface area (Å²) >= 11 is 12.4. The van der Waals surface area contributed by atoms with Gasteiger partial charge in [-0.15, -0.1) is 0 Å². The Balaban J connectivity index is 1.79. The number of rotatable bonds is 3. The minimum atomic E-state index is -0.359. The van der Waals surface area contributed by atoms with Crippen molar-refractivity contribution in [3.8, 4) is 5.75 Å². The molecule has 0 aliphatic heterocycles. The second kappa shape index (κ2) is 6.67. The van der Waals surface area contributed by atoms with Crippen LogP contribution < -0.4 is 10.4 Å². The molecule has 1 heterocycles. The molecule has 0 bridgehead atoms. The van der Waals surface area contributed by atoms with Crippen molar-refractivity contribution in [1.82, 2.24) is 0 Å². The summed E-state index contributed by atoms with van der Waals surface area (Å²) in [5.74, 6) is 0.618. The minimum Gasteiger partial charge on any atom is -0.488 e. The molecule has 0 atom stereocenters. The first kappa shape index (κ1) is 17.0. The lowest BCUT2D eigenvalue weighted by atomic mass is 10.0. The van der Waals surface area contributed by atoms with Crippen molar-refractivity contribution >= 4 is 44.9 Å². The third-order valence-electron chi connectivity index (χ3n) is 4.42. The molecule has 0 saturated carbocycles. The topological polar surface area (TPSA) is 39.4 Å². The summed E-state index contributed by atoms with van der Waals surface area (Å²) in [7, 11) is 0. The molecule has 5 heteroatoms. The Morgan fingerprint density at radius 1 is 0.885 bits per heavy atom. The summed E-state index contributed by atoms with van der Waals surface area (Å²) in [6.45, 7) is 2.09. The second-order valence-electron chi connectivity index (χ2n) is 5.99. The number of halogens is 2. The molecule has 3 nitrogen and oxygen atoms in total. The summed E-state index contributed by atoms with van der Waals surface area (Å²) in [6, 6.07) is 16.5. The molecule has 0 unspecified atom stereocenters. The van der Waals surface area contributed by atoms with Crippen molar-refractivity contribution in [2.75, 3.05) is 0 Å². The molecule has 4 aromatic rings. The van der Waals surface area contributed by atoms with Crippen molar-refractivity contribution in [3.63, 3.8) is 0 Å². The van der Waals surface area contributed by atoms with Crippen LogP contribution in [0.25, 0.3) is 21.7 Å². The van der Waals surface area contributed by atoms with Crippen molar-refractivity contribution in [3.05, 3.63) is 86.2 Å². The molecule has 0 aliphatic rings. The number of fused-ring (bicyclic) bond motifs is 3. The van der Waals surface area contributed by atoms with Gasteiger partial charge in [0.25, 0.3) is 0 Å². The highest BCUT2D eigenvalue weighted by Crippen LogP contribution is 2.32. The van der Waals surface area contributed by atoms with Crippen molar-refractivity contribution in [1.29, 1.82) is 0 Å². The van der Waals surface area contributed by atoms with Gasteiger partial charge in [0.1, 0.15) is 17.9 Å². The maximum absolute atomic E-state index is 12.3. The molecule has 26 heavy (non-hydrogen) atoms. The Labute approximate surface area is 159 Å². The van der Waals surface area contributed by atoms with Crippen LogP contribution in [0.2, 0.25) is 10.0 Å². The minimum absolute atomic E-state index is 0.225. The summed E-state index contributed by atoms with van der Waals surface area (Å²) in [6.07, 6.45) is 0. The molecule has 0 radical (unpaired) electrons. The third-order valence-corrected chi connectivity index (χ3v) is 5.13. The smallest absolute Gasteiger partial charge is 0.344 e. The van der Waals surface area contributed by atoms with Gasteiger partial charge in [-0.1, -0.05) is 47.5 Å². The predicted molar refractivity (Wildman–Crippen MR) is 106 cm³/mol. The van der Waals surface area contributed by atoms with Crippen LogP contribution in [0.4, 0.5) is 0 Å². The predicted octanol–water partition coefficient (Wildman–Crippen LogP) is 6.14. The van der Waals surface area contributed by atoms with Gasteiger partial charge in [-0.25, -0.2) is 4.79 Å². The van der Waals surface area contributed by atoms with Gasteiger partial charge in [-0.05, 0) is 42.6 Å². The van der Waals surface area contributed by atoms with Crippen LogP contribution >= 0.6 is 23.2 Å². The monoisotopic (exact) mass is 384 g/mol. The van der Waals surface area contributed by atoms with Crippen molar-refractivity contribution in [2.45, 2.75) is 13.5 Å². The average Bonchev–Trinajstić information content (AvgIpc) is 2.64. The molecular formula is C21H14Cl2O3. The van der Waals surface area contributed by atoms with Gasteiger partial charge < -0.3 is 9.15 Å². The quantitative estimate of drug-likeness (QED) is 0.314. The van der Waals surface area contributed by atoms with Crippen LogP contribution in [0.15, 0.2) is 63.8 Å². The number of aryl methyl sites for hydroxylation is 1. The third kappa shape index (κ3) is 2.83. The molecule has 0 amide bonds. The van der Waals surface area contributed by atoms with E-state index in [0.29, 0.717) is 26.8 Å². The Bertz CT molecular complexity index is 1170. The van der Waals surface area contributed by atoms with Crippen LogP contribution in [-0.2, 0) is 6.61 Å². The normalized spacial score (nSPS) is 11.2. The molecule has 4 rings (SSSR count). The summed E-state index contributed by atoms with van der Waals surface area (Å²) in [4.78, 5) is 12.3. The van der Waals surface area contributed by atoms with E-state index in [1.807, 2.05) is 37.3 Å².